The fraction of sp³-hybridized carbons (Fsp3) is 1.00. The summed E-state index contributed by atoms with van der Waals surface area (Å²) in [6.07, 6.45) is 0.500. The predicted molar refractivity (Wildman–Crippen MR) is 33.0 cm³/mol. The molecule has 0 radical (unpaired) electrons. The van der Waals surface area contributed by atoms with Crippen LogP contribution in [0.25, 0.3) is 0 Å². The summed E-state index contributed by atoms with van der Waals surface area (Å²) in [4.78, 5) is 0. The molecule has 1 aliphatic rings. The molecule has 0 aliphatic carbocycles. The van der Waals surface area contributed by atoms with Crippen LogP contribution < -0.4 is 5.32 Å². The minimum atomic E-state index is 0.500. The first-order valence-corrected chi connectivity index (χ1v) is 2.89. The summed E-state index contributed by atoms with van der Waals surface area (Å²) in [7, 11) is 4.14. The first-order valence-electron chi connectivity index (χ1n) is 2.89. The topological polar surface area (TPSA) is 18.5 Å². The average Bonchev–Trinajstić information content (AvgIpc) is 1.98. The van der Waals surface area contributed by atoms with E-state index in [1.54, 1.807) is 0 Å². The van der Waals surface area contributed by atoms with Gasteiger partial charge in [0.05, 0.1) is 12.8 Å². The van der Waals surface area contributed by atoms with Crippen LogP contribution in [0.4, 0.5) is 0 Å². The summed E-state index contributed by atoms with van der Waals surface area (Å²) < 4.78 is 0. The molecule has 0 saturated carbocycles. The van der Waals surface area contributed by atoms with E-state index in [-0.39, 0.29) is 0 Å². The molecule has 8 heavy (non-hydrogen) atoms. The van der Waals surface area contributed by atoms with Crippen molar-refractivity contribution in [1.29, 1.82) is 0 Å². The third-order valence-corrected chi connectivity index (χ3v) is 1.71. The molecule has 1 unspecified atom stereocenters. The van der Waals surface area contributed by atoms with Gasteiger partial charge in [-0.25, -0.2) is 10.0 Å². The number of hydrogen-bond donors (Lipinski definition) is 1. The lowest BCUT2D eigenvalue weighted by molar-refractivity contribution is 0.0588. The van der Waals surface area contributed by atoms with Crippen LogP contribution in [0.5, 0.6) is 0 Å². The Balaban J connectivity index is 2.44. The lowest BCUT2D eigenvalue weighted by Gasteiger charge is -2.20. The zero-order valence-electron chi connectivity index (χ0n) is 5.68. The lowest BCUT2D eigenvalue weighted by atomic mass is 10.6. The van der Waals surface area contributed by atoms with Crippen LogP contribution >= 0.6 is 0 Å². The highest BCUT2D eigenvalue weighted by atomic mass is 15.7. The highest BCUT2D eigenvalue weighted by Gasteiger charge is 2.19. The summed E-state index contributed by atoms with van der Waals surface area (Å²) in [5, 5.41) is 7.58. The van der Waals surface area contributed by atoms with E-state index in [0.717, 1.165) is 6.67 Å². The molecule has 0 aromatic heterocycles. The van der Waals surface area contributed by atoms with Crippen LogP contribution in [0, 0.1) is 0 Å². The van der Waals surface area contributed by atoms with Gasteiger partial charge in [-0.05, 0) is 6.92 Å². The van der Waals surface area contributed by atoms with Gasteiger partial charge < -0.3 is 0 Å². The van der Waals surface area contributed by atoms with E-state index in [2.05, 4.69) is 36.4 Å². The van der Waals surface area contributed by atoms with E-state index in [1.807, 2.05) is 0 Å². The highest BCUT2D eigenvalue weighted by molar-refractivity contribution is 4.63. The Kier molecular flexibility index (Phi) is 1.51. The van der Waals surface area contributed by atoms with Gasteiger partial charge in [-0.15, -0.1) is 0 Å². The Labute approximate surface area is 50.2 Å². The van der Waals surface area contributed by atoms with Crippen LogP contribution in [-0.4, -0.2) is 36.9 Å². The monoisotopic (exact) mass is 115 g/mol. The fourth-order valence-electron chi connectivity index (χ4n) is 0.804. The number of hydrogen-bond acceptors (Lipinski definition) is 3. The molecule has 3 heteroatoms. The van der Waals surface area contributed by atoms with Crippen LogP contribution in [-0.2, 0) is 0 Å². The molecule has 1 rings (SSSR count). The van der Waals surface area contributed by atoms with E-state index in [0.29, 0.717) is 6.17 Å². The molecule has 1 atom stereocenters. The van der Waals surface area contributed by atoms with Crippen molar-refractivity contribution in [2.45, 2.75) is 13.1 Å². The van der Waals surface area contributed by atoms with Crippen molar-refractivity contribution in [3.63, 3.8) is 0 Å². The van der Waals surface area contributed by atoms with Gasteiger partial charge in [-0.1, -0.05) is 0 Å². The SMILES string of the molecule is CC1NCN(C)N1C. The molecule has 1 aliphatic heterocycles. The quantitative estimate of drug-likeness (QED) is 0.466. The third-order valence-electron chi connectivity index (χ3n) is 1.71. The third kappa shape index (κ3) is 0.844. The number of nitrogens with zero attached hydrogens (tertiary/aromatic N) is 2. The Hall–Kier alpha value is -0.120. The summed E-state index contributed by atoms with van der Waals surface area (Å²) in [5.41, 5.74) is 0. The van der Waals surface area contributed by atoms with Crippen molar-refractivity contribution >= 4 is 0 Å². The number of hydrazine groups is 1. The molecule has 48 valence electrons. The minimum Gasteiger partial charge on any atom is -0.287 e. The van der Waals surface area contributed by atoms with Crippen molar-refractivity contribution in [2.24, 2.45) is 0 Å². The zero-order valence-corrected chi connectivity index (χ0v) is 5.68. The van der Waals surface area contributed by atoms with Gasteiger partial charge in [0.2, 0.25) is 0 Å². The van der Waals surface area contributed by atoms with Crippen molar-refractivity contribution in [2.75, 3.05) is 20.8 Å². The Morgan fingerprint density at radius 3 is 2.25 bits per heavy atom. The molecular formula is C5H13N3. The van der Waals surface area contributed by atoms with Gasteiger partial charge in [-0.2, -0.15) is 0 Å². The predicted octanol–water partition coefficient (Wildman–Crippen LogP) is -0.328. The second-order valence-electron chi connectivity index (χ2n) is 2.27. The molecule has 0 aromatic rings. The summed E-state index contributed by atoms with van der Waals surface area (Å²) in [6.45, 7) is 3.11. The van der Waals surface area contributed by atoms with Crippen molar-refractivity contribution in [3.05, 3.63) is 0 Å². The Morgan fingerprint density at radius 1 is 1.50 bits per heavy atom. The second kappa shape index (κ2) is 2.01. The highest BCUT2D eigenvalue weighted by Crippen LogP contribution is 2.01. The average molecular weight is 115 g/mol. The van der Waals surface area contributed by atoms with Crippen LogP contribution in [0.1, 0.15) is 6.92 Å². The molecule has 0 spiro atoms. The number of nitrogens with one attached hydrogen (secondary N) is 1. The van der Waals surface area contributed by atoms with Crippen LogP contribution in [0.3, 0.4) is 0 Å². The van der Waals surface area contributed by atoms with Crippen LogP contribution in [0.2, 0.25) is 0 Å². The number of rotatable bonds is 0. The molecule has 1 N–H and O–H groups in total. The molecule has 3 nitrogen and oxygen atoms in total. The van der Waals surface area contributed by atoms with Gasteiger partial charge >= 0.3 is 0 Å². The first kappa shape index (κ1) is 6.01. The van der Waals surface area contributed by atoms with E-state index in [4.69, 9.17) is 0 Å². The maximum atomic E-state index is 3.27. The maximum absolute atomic E-state index is 3.27. The largest absolute Gasteiger partial charge is 0.287 e. The smallest absolute Gasteiger partial charge is 0.0714 e. The summed E-state index contributed by atoms with van der Waals surface area (Å²) in [6, 6.07) is 0. The molecule has 1 saturated heterocycles. The van der Waals surface area contributed by atoms with Crippen LogP contribution in [0.15, 0.2) is 0 Å². The molecule has 0 bridgehead atoms. The summed E-state index contributed by atoms with van der Waals surface area (Å²) in [5.74, 6) is 0. The molecule has 1 heterocycles. The fourth-order valence-corrected chi connectivity index (χ4v) is 0.804. The van der Waals surface area contributed by atoms with E-state index >= 15 is 0 Å². The van der Waals surface area contributed by atoms with Gasteiger partial charge in [0.1, 0.15) is 0 Å². The summed E-state index contributed by atoms with van der Waals surface area (Å²) >= 11 is 0. The second-order valence-corrected chi connectivity index (χ2v) is 2.27. The van der Waals surface area contributed by atoms with Gasteiger partial charge in [0, 0.05) is 14.1 Å². The molecule has 1 fully saturated rings. The minimum absolute atomic E-state index is 0.500. The van der Waals surface area contributed by atoms with Crippen molar-refractivity contribution < 1.29 is 0 Å². The standard InChI is InChI=1S/C5H13N3/c1-5-6-4-7(2)8(5)3/h5-6H,4H2,1-3H3. The van der Waals surface area contributed by atoms with E-state index in [9.17, 15) is 0 Å². The van der Waals surface area contributed by atoms with Crippen molar-refractivity contribution in [3.8, 4) is 0 Å². The van der Waals surface area contributed by atoms with Gasteiger partial charge in [-0.3, -0.25) is 5.32 Å². The van der Waals surface area contributed by atoms with E-state index in [1.165, 1.54) is 0 Å². The van der Waals surface area contributed by atoms with E-state index < -0.39 is 0 Å². The van der Waals surface area contributed by atoms with Gasteiger partial charge in [0.25, 0.3) is 0 Å². The molecule has 0 aromatic carbocycles. The molecular weight excluding hydrogens is 102 g/mol. The zero-order chi connectivity index (χ0) is 6.15. The van der Waals surface area contributed by atoms with Gasteiger partial charge in [0.15, 0.2) is 0 Å². The Bertz CT molecular complexity index is 73.7. The van der Waals surface area contributed by atoms with Crippen molar-refractivity contribution in [1.82, 2.24) is 15.3 Å². The normalized spacial score (nSPS) is 34.1. The lowest BCUT2D eigenvalue weighted by Crippen LogP contribution is -2.34. The maximum Gasteiger partial charge on any atom is 0.0714 e. The Morgan fingerprint density at radius 2 is 2.12 bits per heavy atom. The first-order chi connectivity index (χ1) is 3.72. The molecule has 0 amide bonds.